The summed E-state index contributed by atoms with van der Waals surface area (Å²) in [7, 11) is 0. The molecule has 0 spiro atoms. The number of aromatic nitrogens is 3. The van der Waals surface area contributed by atoms with Crippen molar-refractivity contribution in [2.24, 2.45) is 5.73 Å². The van der Waals surface area contributed by atoms with Crippen molar-refractivity contribution in [3.8, 4) is 11.3 Å². The predicted octanol–water partition coefficient (Wildman–Crippen LogP) is 1.68. The number of H-pyrrole nitrogens is 1. The van der Waals surface area contributed by atoms with Crippen LogP contribution in [0.5, 0.6) is 0 Å². The van der Waals surface area contributed by atoms with Crippen LogP contribution in [0.2, 0.25) is 0 Å². The predicted molar refractivity (Wildman–Crippen MR) is 71.2 cm³/mol. The number of nitrogens with zero attached hydrogens (tertiary/aromatic N) is 2. The van der Waals surface area contributed by atoms with Gasteiger partial charge in [-0.2, -0.15) is 0 Å². The van der Waals surface area contributed by atoms with Gasteiger partial charge in [0.2, 0.25) is 0 Å². The van der Waals surface area contributed by atoms with Crippen LogP contribution in [0, 0.1) is 0 Å². The van der Waals surface area contributed by atoms with E-state index in [0.29, 0.717) is 0 Å². The van der Waals surface area contributed by atoms with Gasteiger partial charge >= 0.3 is 0 Å². The highest BCUT2D eigenvalue weighted by atomic mass is 32.1. The molecular formula is C12H12N4OS. The van der Waals surface area contributed by atoms with Gasteiger partial charge in [-0.3, -0.25) is 0 Å². The second-order valence-corrected chi connectivity index (χ2v) is 4.88. The number of fused-ring (bicyclic) bond motifs is 1. The van der Waals surface area contributed by atoms with Gasteiger partial charge in [0.05, 0.1) is 35.7 Å². The Morgan fingerprint density at radius 1 is 1.44 bits per heavy atom. The molecule has 0 amide bonds. The molecule has 18 heavy (non-hydrogen) atoms. The van der Waals surface area contributed by atoms with Crippen LogP contribution in [0.15, 0.2) is 29.9 Å². The Kier molecular flexibility index (Phi) is 2.83. The van der Waals surface area contributed by atoms with Crippen molar-refractivity contribution in [1.29, 1.82) is 0 Å². The van der Waals surface area contributed by atoms with E-state index in [1.807, 2.05) is 23.6 Å². The number of nitrogens with one attached hydrogen (secondary N) is 1. The van der Waals surface area contributed by atoms with Crippen LogP contribution in [0.25, 0.3) is 22.3 Å². The molecule has 92 valence electrons. The summed E-state index contributed by atoms with van der Waals surface area (Å²) in [5, 5.41) is 11.7. The third-order valence-electron chi connectivity index (χ3n) is 2.75. The molecule has 0 bridgehead atoms. The first-order valence-electron chi connectivity index (χ1n) is 5.53. The third-order valence-corrected chi connectivity index (χ3v) is 3.73. The molecule has 2 aromatic heterocycles. The maximum atomic E-state index is 9.01. The summed E-state index contributed by atoms with van der Waals surface area (Å²) in [6.45, 7) is -0.0907. The van der Waals surface area contributed by atoms with Gasteiger partial charge in [0.1, 0.15) is 5.01 Å². The van der Waals surface area contributed by atoms with Crippen molar-refractivity contribution in [3.05, 3.63) is 34.9 Å². The van der Waals surface area contributed by atoms with Gasteiger partial charge in [-0.15, -0.1) is 11.3 Å². The number of benzene rings is 1. The van der Waals surface area contributed by atoms with Crippen molar-refractivity contribution < 1.29 is 5.11 Å². The Hall–Kier alpha value is -1.76. The molecule has 2 heterocycles. The largest absolute Gasteiger partial charge is 0.394 e. The number of hydrogen-bond acceptors (Lipinski definition) is 5. The number of rotatable bonds is 3. The first kappa shape index (κ1) is 11.3. The third kappa shape index (κ3) is 1.90. The molecule has 6 heteroatoms. The SMILES string of the molecule is NC(CO)c1nc(-c2ccc3nc[nH]c3c2)cs1. The molecule has 1 unspecified atom stereocenters. The number of aliphatic hydroxyl groups is 1. The van der Waals surface area contributed by atoms with Crippen LogP contribution >= 0.6 is 11.3 Å². The van der Waals surface area contributed by atoms with Crippen LogP contribution in [-0.4, -0.2) is 26.7 Å². The van der Waals surface area contributed by atoms with E-state index in [1.165, 1.54) is 11.3 Å². The molecule has 1 aromatic carbocycles. The minimum atomic E-state index is -0.403. The van der Waals surface area contributed by atoms with E-state index in [2.05, 4.69) is 15.0 Å². The average Bonchev–Trinajstić information content (AvgIpc) is 3.05. The standard InChI is InChI=1S/C12H12N4OS/c13-8(4-17)12-16-11(5-18-12)7-1-2-9-10(3-7)15-6-14-9/h1-3,5-6,8,17H,4,13H2,(H,14,15). The van der Waals surface area contributed by atoms with E-state index in [9.17, 15) is 0 Å². The minimum Gasteiger partial charge on any atom is -0.394 e. The van der Waals surface area contributed by atoms with Crippen molar-refractivity contribution in [3.63, 3.8) is 0 Å². The van der Waals surface area contributed by atoms with Gasteiger partial charge in [0, 0.05) is 10.9 Å². The fourth-order valence-electron chi connectivity index (χ4n) is 1.76. The highest BCUT2D eigenvalue weighted by Crippen LogP contribution is 2.26. The summed E-state index contributed by atoms with van der Waals surface area (Å²) in [5.74, 6) is 0. The zero-order chi connectivity index (χ0) is 12.5. The van der Waals surface area contributed by atoms with E-state index >= 15 is 0 Å². The van der Waals surface area contributed by atoms with Crippen molar-refractivity contribution in [2.75, 3.05) is 6.61 Å². The summed E-state index contributed by atoms with van der Waals surface area (Å²) in [6, 6.07) is 5.53. The lowest BCUT2D eigenvalue weighted by molar-refractivity contribution is 0.268. The van der Waals surface area contributed by atoms with Gasteiger partial charge in [-0.25, -0.2) is 9.97 Å². The van der Waals surface area contributed by atoms with E-state index in [4.69, 9.17) is 10.8 Å². The number of nitrogens with two attached hydrogens (primary N) is 1. The molecule has 5 nitrogen and oxygen atoms in total. The quantitative estimate of drug-likeness (QED) is 0.668. The Morgan fingerprint density at radius 3 is 3.17 bits per heavy atom. The summed E-state index contributed by atoms with van der Waals surface area (Å²) in [5.41, 5.74) is 9.54. The van der Waals surface area contributed by atoms with E-state index < -0.39 is 6.04 Å². The van der Waals surface area contributed by atoms with E-state index in [1.54, 1.807) is 6.33 Å². The average molecular weight is 260 g/mol. The van der Waals surface area contributed by atoms with Gasteiger partial charge < -0.3 is 15.8 Å². The van der Waals surface area contributed by atoms with Crippen molar-refractivity contribution in [1.82, 2.24) is 15.0 Å². The first-order chi connectivity index (χ1) is 8.78. The fraction of sp³-hybridized carbons (Fsp3) is 0.167. The van der Waals surface area contributed by atoms with Crippen LogP contribution in [0.4, 0.5) is 0 Å². The van der Waals surface area contributed by atoms with Gasteiger partial charge in [-0.05, 0) is 12.1 Å². The molecule has 0 radical (unpaired) electrons. The van der Waals surface area contributed by atoms with Gasteiger partial charge in [-0.1, -0.05) is 6.07 Å². The molecule has 0 aliphatic heterocycles. The Labute approximate surface area is 107 Å². The zero-order valence-electron chi connectivity index (χ0n) is 9.50. The maximum Gasteiger partial charge on any atom is 0.112 e. The van der Waals surface area contributed by atoms with Crippen LogP contribution in [0.1, 0.15) is 11.0 Å². The topological polar surface area (TPSA) is 87.8 Å². The fourth-order valence-corrected chi connectivity index (χ4v) is 2.59. The van der Waals surface area contributed by atoms with E-state index in [-0.39, 0.29) is 6.61 Å². The van der Waals surface area contributed by atoms with Gasteiger partial charge in [0.15, 0.2) is 0 Å². The summed E-state index contributed by atoms with van der Waals surface area (Å²) in [4.78, 5) is 11.7. The van der Waals surface area contributed by atoms with Crippen molar-refractivity contribution in [2.45, 2.75) is 6.04 Å². The second kappa shape index (κ2) is 4.49. The molecule has 4 N–H and O–H groups in total. The highest BCUT2D eigenvalue weighted by molar-refractivity contribution is 7.10. The lowest BCUT2D eigenvalue weighted by Crippen LogP contribution is -2.13. The van der Waals surface area contributed by atoms with Gasteiger partial charge in [0.25, 0.3) is 0 Å². The summed E-state index contributed by atoms with van der Waals surface area (Å²) in [6.07, 6.45) is 1.67. The maximum absolute atomic E-state index is 9.01. The Bertz CT molecular complexity index is 675. The molecule has 1 atom stereocenters. The monoisotopic (exact) mass is 260 g/mol. The summed E-state index contributed by atoms with van der Waals surface area (Å²) >= 11 is 1.46. The second-order valence-electron chi connectivity index (χ2n) is 3.99. The molecule has 0 aliphatic rings. The van der Waals surface area contributed by atoms with Crippen LogP contribution in [-0.2, 0) is 0 Å². The zero-order valence-corrected chi connectivity index (χ0v) is 10.3. The molecule has 0 fully saturated rings. The molecular weight excluding hydrogens is 248 g/mol. The molecule has 0 saturated heterocycles. The highest BCUT2D eigenvalue weighted by Gasteiger charge is 2.11. The number of thiazole rings is 1. The normalized spacial score (nSPS) is 13.0. The van der Waals surface area contributed by atoms with E-state index in [0.717, 1.165) is 27.3 Å². The summed E-state index contributed by atoms with van der Waals surface area (Å²) < 4.78 is 0. The lowest BCUT2D eigenvalue weighted by Gasteiger charge is -2.02. The number of aromatic amines is 1. The Morgan fingerprint density at radius 2 is 2.33 bits per heavy atom. The molecule has 3 rings (SSSR count). The molecule has 0 aliphatic carbocycles. The number of aliphatic hydroxyl groups excluding tert-OH is 1. The van der Waals surface area contributed by atoms with Crippen molar-refractivity contribution >= 4 is 22.4 Å². The lowest BCUT2D eigenvalue weighted by atomic mass is 10.1. The number of imidazole rings is 1. The Balaban J connectivity index is 2.00. The van der Waals surface area contributed by atoms with Crippen LogP contribution < -0.4 is 5.73 Å². The minimum absolute atomic E-state index is 0.0907. The molecule has 3 aromatic rings. The first-order valence-corrected chi connectivity index (χ1v) is 6.41. The van der Waals surface area contributed by atoms with Crippen LogP contribution in [0.3, 0.4) is 0 Å². The smallest absolute Gasteiger partial charge is 0.112 e. The molecule has 0 saturated carbocycles. The number of hydrogen-bond donors (Lipinski definition) is 3.